The number of nitrogens with zero attached hydrogens (tertiary/aromatic N) is 3. The number of pyridine rings is 1. The summed E-state index contributed by atoms with van der Waals surface area (Å²) in [5.74, 6) is 0. The largest absolute Gasteiger partial charge is 0.362 e. The minimum atomic E-state index is -0.962. The highest BCUT2D eigenvalue weighted by Crippen LogP contribution is 2.42. The molecule has 0 aliphatic carbocycles. The predicted octanol–water partition coefficient (Wildman–Crippen LogP) is 6.18. The number of ether oxygens (including phenoxy) is 1. The number of methoxy groups -OCH3 is 1. The third kappa shape index (κ3) is 3.86. The van der Waals surface area contributed by atoms with Gasteiger partial charge in [0.05, 0.1) is 23.7 Å². The van der Waals surface area contributed by atoms with E-state index in [0.717, 1.165) is 38.9 Å². The van der Waals surface area contributed by atoms with Crippen molar-refractivity contribution < 1.29 is 4.74 Å². The molecule has 1 unspecified atom stereocenters. The summed E-state index contributed by atoms with van der Waals surface area (Å²) in [7, 11) is 5.41. The summed E-state index contributed by atoms with van der Waals surface area (Å²) in [6.45, 7) is 0. The number of aromatic nitrogens is 3. The first-order chi connectivity index (χ1) is 16.8. The molecule has 0 N–H and O–H groups in total. The van der Waals surface area contributed by atoms with Gasteiger partial charge in [0, 0.05) is 42.7 Å². The van der Waals surface area contributed by atoms with Gasteiger partial charge in [-0.2, -0.15) is 0 Å². The number of halogens is 2. The fraction of sp³-hybridized carbons (Fsp3) is 0.143. The Morgan fingerprint density at radius 1 is 0.857 bits per heavy atom. The van der Waals surface area contributed by atoms with E-state index < -0.39 is 5.60 Å². The molecule has 2 aromatic heterocycles. The second kappa shape index (κ2) is 9.00. The Hall–Kier alpha value is -3.38. The van der Waals surface area contributed by atoms with E-state index in [1.165, 1.54) is 0 Å². The molecule has 0 bridgehead atoms. The SMILES string of the molecule is COC(c1ccc(Cl)cc1)(c1ccc2c(c1)c(-c1ccc(Cl)cc1)cc(=O)n2C)c1cncn1C. The topological polar surface area (TPSA) is 49.1 Å². The zero-order valence-electron chi connectivity index (χ0n) is 19.5. The summed E-state index contributed by atoms with van der Waals surface area (Å²) in [6.07, 6.45) is 3.56. The Balaban J connectivity index is 1.86. The molecule has 0 saturated heterocycles. The average Bonchev–Trinajstić information content (AvgIpc) is 3.30. The predicted molar refractivity (Wildman–Crippen MR) is 141 cm³/mol. The van der Waals surface area contributed by atoms with Crippen LogP contribution in [-0.4, -0.2) is 21.2 Å². The van der Waals surface area contributed by atoms with Gasteiger partial charge in [-0.3, -0.25) is 4.79 Å². The van der Waals surface area contributed by atoms with Crippen molar-refractivity contribution in [1.82, 2.24) is 14.1 Å². The molecule has 0 amide bonds. The van der Waals surface area contributed by atoms with Crippen molar-refractivity contribution in [2.24, 2.45) is 14.1 Å². The number of fused-ring (bicyclic) bond motifs is 1. The first-order valence-corrected chi connectivity index (χ1v) is 11.8. The molecular weight excluding hydrogens is 481 g/mol. The average molecular weight is 504 g/mol. The maximum atomic E-state index is 12.8. The molecule has 0 aliphatic heterocycles. The summed E-state index contributed by atoms with van der Waals surface area (Å²) in [5, 5.41) is 2.20. The molecule has 2 heterocycles. The summed E-state index contributed by atoms with van der Waals surface area (Å²) in [5.41, 5.74) is 4.17. The molecule has 0 aliphatic rings. The van der Waals surface area contributed by atoms with Crippen LogP contribution in [0.1, 0.15) is 16.8 Å². The third-order valence-electron chi connectivity index (χ3n) is 6.54. The van der Waals surface area contributed by atoms with Gasteiger partial charge in [-0.1, -0.05) is 53.5 Å². The Kier molecular flexibility index (Phi) is 6.01. The van der Waals surface area contributed by atoms with Crippen LogP contribution in [0.4, 0.5) is 0 Å². The zero-order chi connectivity index (χ0) is 24.7. The van der Waals surface area contributed by atoms with E-state index in [2.05, 4.69) is 11.1 Å². The maximum Gasteiger partial charge on any atom is 0.251 e. The number of aryl methyl sites for hydroxylation is 2. The lowest BCUT2D eigenvalue weighted by molar-refractivity contribution is 0.0525. The van der Waals surface area contributed by atoms with Crippen molar-refractivity contribution in [1.29, 1.82) is 0 Å². The number of imidazole rings is 1. The van der Waals surface area contributed by atoms with Crippen LogP contribution >= 0.6 is 23.2 Å². The van der Waals surface area contributed by atoms with Crippen LogP contribution in [0.25, 0.3) is 22.0 Å². The molecule has 5 nitrogen and oxygen atoms in total. The first-order valence-electron chi connectivity index (χ1n) is 11.0. The molecule has 1 atom stereocenters. The van der Waals surface area contributed by atoms with Crippen LogP contribution in [0.5, 0.6) is 0 Å². The third-order valence-corrected chi connectivity index (χ3v) is 7.05. The fourth-order valence-corrected chi connectivity index (χ4v) is 4.98. The van der Waals surface area contributed by atoms with Crippen molar-refractivity contribution in [3.8, 4) is 11.1 Å². The number of hydrogen-bond donors (Lipinski definition) is 0. The molecular formula is C28H23Cl2N3O2. The molecule has 0 saturated carbocycles. The van der Waals surface area contributed by atoms with E-state index >= 15 is 0 Å². The molecule has 5 rings (SSSR count). The van der Waals surface area contributed by atoms with E-state index in [4.69, 9.17) is 27.9 Å². The molecule has 5 aromatic rings. The highest BCUT2D eigenvalue weighted by Gasteiger charge is 2.39. The summed E-state index contributed by atoms with van der Waals surface area (Å²) in [4.78, 5) is 17.2. The van der Waals surface area contributed by atoms with Crippen molar-refractivity contribution in [2.75, 3.05) is 7.11 Å². The minimum Gasteiger partial charge on any atom is -0.362 e. The van der Waals surface area contributed by atoms with Crippen LogP contribution in [-0.2, 0) is 24.4 Å². The van der Waals surface area contributed by atoms with Crippen molar-refractivity contribution in [2.45, 2.75) is 5.60 Å². The lowest BCUT2D eigenvalue weighted by atomic mass is 9.82. The van der Waals surface area contributed by atoms with Gasteiger partial charge >= 0.3 is 0 Å². The summed E-state index contributed by atoms with van der Waals surface area (Å²) >= 11 is 12.3. The molecule has 176 valence electrons. The molecule has 0 radical (unpaired) electrons. The quantitative estimate of drug-likeness (QED) is 0.287. The van der Waals surface area contributed by atoms with Gasteiger partial charge in [0.2, 0.25) is 0 Å². The van der Waals surface area contributed by atoms with Crippen LogP contribution in [0, 0.1) is 0 Å². The molecule has 3 aromatic carbocycles. The van der Waals surface area contributed by atoms with E-state index in [9.17, 15) is 4.79 Å². The van der Waals surface area contributed by atoms with E-state index in [1.54, 1.807) is 31.1 Å². The molecule has 0 fully saturated rings. The van der Waals surface area contributed by atoms with Crippen LogP contribution in [0.3, 0.4) is 0 Å². The van der Waals surface area contributed by atoms with Crippen LogP contribution in [0.2, 0.25) is 10.0 Å². The Labute approximate surface area is 213 Å². The standard InChI is InChI=1S/C28H23Cl2N3O2/c1-32-17-31-16-26(32)28(35-3,19-6-11-22(30)12-7-19)20-8-13-25-24(14-20)23(15-27(34)33(25)2)18-4-9-21(29)10-5-18/h4-17H,1-3H3. The van der Waals surface area contributed by atoms with E-state index in [1.807, 2.05) is 78.5 Å². The Bertz CT molecular complexity index is 1590. The first kappa shape index (κ1) is 23.4. The number of hydrogen-bond acceptors (Lipinski definition) is 3. The van der Waals surface area contributed by atoms with Gasteiger partial charge in [0.15, 0.2) is 5.60 Å². The van der Waals surface area contributed by atoms with Gasteiger partial charge in [-0.15, -0.1) is 0 Å². The lowest BCUT2D eigenvalue weighted by Crippen LogP contribution is -2.33. The van der Waals surface area contributed by atoms with Gasteiger partial charge < -0.3 is 13.9 Å². The lowest BCUT2D eigenvalue weighted by Gasteiger charge is -2.34. The maximum absolute atomic E-state index is 12.8. The smallest absolute Gasteiger partial charge is 0.251 e. The molecule has 35 heavy (non-hydrogen) atoms. The zero-order valence-corrected chi connectivity index (χ0v) is 21.0. The second-order valence-electron chi connectivity index (χ2n) is 8.48. The van der Waals surface area contributed by atoms with Gasteiger partial charge in [-0.25, -0.2) is 4.98 Å². The molecule has 7 heteroatoms. The fourth-order valence-electron chi connectivity index (χ4n) is 4.73. The monoisotopic (exact) mass is 503 g/mol. The van der Waals surface area contributed by atoms with Gasteiger partial charge in [0.1, 0.15) is 0 Å². The summed E-state index contributed by atoms with van der Waals surface area (Å²) < 4.78 is 9.95. The van der Waals surface area contributed by atoms with Gasteiger partial charge in [0.25, 0.3) is 5.56 Å². The minimum absolute atomic E-state index is 0.0856. The van der Waals surface area contributed by atoms with Crippen molar-refractivity contribution >= 4 is 34.1 Å². The van der Waals surface area contributed by atoms with Crippen LogP contribution in [0.15, 0.2) is 90.1 Å². The number of rotatable bonds is 5. The van der Waals surface area contributed by atoms with Crippen molar-refractivity contribution in [3.05, 3.63) is 123 Å². The highest BCUT2D eigenvalue weighted by molar-refractivity contribution is 6.30. The normalized spacial score (nSPS) is 13.2. The van der Waals surface area contributed by atoms with Gasteiger partial charge in [-0.05, 0) is 58.7 Å². The van der Waals surface area contributed by atoms with E-state index in [0.29, 0.717) is 10.0 Å². The highest BCUT2D eigenvalue weighted by atomic mass is 35.5. The Morgan fingerprint density at radius 3 is 2.09 bits per heavy atom. The second-order valence-corrected chi connectivity index (χ2v) is 9.35. The number of benzene rings is 3. The van der Waals surface area contributed by atoms with Crippen molar-refractivity contribution in [3.63, 3.8) is 0 Å². The van der Waals surface area contributed by atoms with Crippen LogP contribution < -0.4 is 5.56 Å². The Morgan fingerprint density at radius 2 is 1.49 bits per heavy atom. The summed E-state index contributed by atoms with van der Waals surface area (Å²) in [6, 6.07) is 22.8. The van der Waals surface area contributed by atoms with E-state index in [-0.39, 0.29) is 5.56 Å². The molecule has 0 spiro atoms.